The fourth-order valence-corrected chi connectivity index (χ4v) is 0.664. The molecule has 0 aliphatic rings. The quantitative estimate of drug-likeness (QED) is 0.615. The first-order chi connectivity index (χ1) is 4.63. The lowest BCUT2D eigenvalue weighted by Crippen LogP contribution is -2.38. The maximum atomic E-state index is 10.9. The molecule has 0 aromatic rings. The van der Waals surface area contributed by atoms with E-state index in [1.807, 2.05) is 13.8 Å². The van der Waals surface area contributed by atoms with E-state index in [-0.39, 0.29) is 12.5 Å². The fraction of sp³-hybridized carbons (Fsp3) is 0.857. The highest BCUT2D eigenvalue weighted by atomic mass is 16.2. The number of hydrogen-bond acceptors (Lipinski definition) is 2. The molecular weight excluding hydrogens is 128 g/mol. The Morgan fingerprint density at radius 2 is 2.20 bits per heavy atom. The van der Waals surface area contributed by atoms with Gasteiger partial charge in [0.25, 0.3) is 0 Å². The lowest BCUT2D eigenvalue weighted by atomic mass is 10.2. The van der Waals surface area contributed by atoms with Crippen LogP contribution in [0.15, 0.2) is 0 Å². The third-order valence-corrected chi connectivity index (χ3v) is 1.82. The van der Waals surface area contributed by atoms with Crippen LogP contribution in [0.25, 0.3) is 0 Å². The highest BCUT2D eigenvalue weighted by molar-refractivity contribution is 5.77. The van der Waals surface area contributed by atoms with E-state index in [0.717, 1.165) is 6.42 Å². The molecule has 0 saturated heterocycles. The number of rotatable bonds is 3. The molecule has 1 atom stereocenters. The molecule has 1 unspecified atom stereocenters. The first-order valence-corrected chi connectivity index (χ1v) is 3.59. The van der Waals surface area contributed by atoms with Crippen molar-refractivity contribution in [2.75, 3.05) is 13.6 Å². The van der Waals surface area contributed by atoms with Gasteiger partial charge in [0, 0.05) is 13.1 Å². The zero-order chi connectivity index (χ0) is 8.15. The average molecular weight is 144 g/mol. The average Bonchev–Trinajstić information content (AvgIpc) is 2.00. The normalized spacial score (nSPS) is 12.8. The minimum atomic E-state index is 0.00866. The molecule has 0 saturated carbocycles. The summed E-state index contributed by atoms with van der Waals surface area (Å²) in [6.45, 7) is 4.17. The first-order valence-electron chi connectivity index (χ1n) is 3.59. The van der Waals surface area contributed by atoms with Gasteiger partial charge in [0.15, 0.2) is 0 Å². The van der Waals surface area contributed by atoms with Crippen molar-refractivity contribution in [2.24, 2.45) is 5.73 Å². The number of carbonyl (C=O) groups excluding carboxylic acids is 1. The molecule has 10 heavy (non-hydrogen) atoms. The molecule has 0 aliphatic carbocycles. The molecule has 0 aromatic carbocycles. The second kappa shape index (κ2) is 4.28. The van der Waals surface area contributed by atoms with Gasteiger partial charge in [-0.25, -0.2) is 0 Å². The summed E-state index contributed by atoms with van der Waals surface area (Å²) in [5.74, 6) is 0.00866. The molecule has 3 heteroatoms. The lowest BCUT2D eigenvalue weighted by molar-refractivity contribution is -0.130. The third-order valence-electron chi connectivity index (χ3n) is 1.82. The first kappa shape index (κ1) is 9.43. The number of nitrogens with zero attached hydrogens (tertiary/aromatic N) is 1. The van der Waals surface area contributed by atoms with E-state index in [1.54, 1.807) is 11.9 Å². The summed E-state index contributed by atoms with van der Waals surface area (Å²) in [6.07, 6.45) is 0.974. The maximum Gasteiger partial charge on any atom is 0.236 e. The Balaban J connectivity index is 3.81. The van der Waals surface area contributed by atoms with Crippen LogP contribution in [0.5, 0.6) is 0 Å². The molecule has 0 fully saturated rings. The van der Waals surface area contributed by atoms with Crippen LogP contribution in [-0.2, 0) is 4.79 Å². The number of likely N-dealkylation sites (N-methyl/N-ethyl adjacent to an activating group) is 1. The van der Waals surface area contributed by atoms with E-state index in [4.69, 9.17) is 5.73 Å². The van der Waals surface area contributed by atoms with E-state index in [1.165, 1.54) is 0 Å². The molecule has 0 spiro atoms. The number of carbonyl (C=O) groups is 1. The van der Waals surface area contributed by atoms with Crippen molar-refractivity contribution < 1.29 is 4.79 Å². The molecular formula is C7H16N2O. The van der Waals surface area contributed by atoms with Crippen LogP contribution in [0, 0.1) is 0 Å². The third kappa shape index (κ3) is 2.35. The Hall–Kier alpha value is -0.570. The predicted molar refractivity (Wildman–Crippen MR) is 41.6 cm³/mol. The van der Waals surface area contributed by atoms with Crippen LogP contribution in [0.1, 0.15) is 20.3 Å². The fourth-order valence-electron chi connectivity index (χ4n) is 0.664. The summed E-state index contributed by atoms with van der Waals surface area (Å²) < 4.78 is 0. The molecule has 3 nitrogen and oxygen atoms in total. The minimum Gasteiger partial charge on any atom is -0.342 e. The monoisotopic (exact) mass is 144 g/mol. The predicted octanol–water partition coefficient (Wildman–Crippen LogP) is 0.202. The Morgan fingerprint density at radius 3 is 2.50 bits per heavy atom. The highest BCUT2D eigenvalue weighted by Gasteiger charge is 2.10. The largest absolute Gasteiger partial charge is 0.342 e. The van der Waals surface area contributed by atoms with Crippen LogP contribution in [-0.4, -0.2) is 30.4 Å². The Kier molecular flexibility index (Phi) is 4.03. The Labute approximate surface area is 62.2 Å². The highest BCUT2D eigenvalue weighted by Crippen LogP contribution is 1.98. The minimum absolute atomic E-state index is 0.00866. The summed E-state index contributed by atoms with van der Waals surface area (Å²) >= 11 is 0. The van der Waals surface area contributed by atoms with Crippen LogP contribution in [0.4, 0.5) is 0 Å². The van der Waals surface area contributed by atoms with Crippen LogP contribution >= 0.6 is 0 Å². The zero-order valence-electron chi connectivity index (χ0n) is 6.92. The molecule has 0 aromatic heterocycles. The Morgan fingerprint density at radius 1 is 1.70 bits per heavy atom. The van der Waals surface area contributed by atoms with E-state index < -0.39 is 0 Å². The maximum absolute atomic E-state index is 10.9. The summed E-state index contributed by atoms with van der Waals surface area (Å²) in [4.78, 5) is 12.6. The van der Waals surface area contributed by atoms with Crippen molar-refractivity contribution in [3.05, 3.63) is 0 Å². The SMILES string of the molecule is CCC(C)N(C)C(=O)CN. The van der Waals surface area contributed by atoms with Crippen molar-refractivity contribution >= 4 is 5.91 Å². The van der Waals surface area contributed by atoms with E-state index in [2.05, 4.69) is 0 Å². The molecule has 0 radical (unpaired) electrons. The topological polar surface area (TPSA) is 46.3 Å². The number of nitrogens with two attached hydrogens (primary N) is 1. The summed E-state index contributed by atoms with van der Waals surface area (Å²) in [7, 11) is 1.78. The van der Waals surface area contributed by atoms with Crippen LogP contribution < -0.4 is 5.73 Å². The summed E-state index contributed by atoms with van der Waals surface area (Å²) in [5, 5.41) is 0. The standard InChI is InChI=1S/C7H16N2O/c1-4-6(2)9(3)7(10)5-8/h6H,4-5,8H2,1-3H3. The van der Waals surface area contributed by atoms with Gasteiger partial charge in [0.2, 0.25) is 5.91 Å². The van der Waals surface area contributed by atoms with Gasteiger partial charge < -0.3 is 10.6 Å². The van der Waals surface area contributed by atoms with E-state index in [0.29, 0.717) is 6.04 Å². The van der Waals surface area contributed by atoms with Gasteiger partial charge in [-0.3, -0.25) is 4.79 Å². The molecule has 0 bridgehead atoms. The van der Waals surface area contributed by atoms with Gasteiger partial charge in [0.1, 0.15) is 0 Å². The van der Waals surface area contributed by atoms with Gasteiger partial charge in [-0.2, -0.15) is 0 Å². The molecule has 60 valence electrons. The molecule has 0 aliphatic heterocycles. The van der Waals surface area contributed by atoms with Gasteiger partial charge in [0.05, 0.1) is 6.54 Å². The summed E-state index contributed by atoms with van der Waals surface area (Å²) in [5.41, 5.74) is 5.17. The van der Waals surface area contributed by atoms with Crippen LogP contribution in [0.3, 0.4) is 0 Å². The van der Waals surface area contributed by atoms with Crippen LogP contribution in [0.2, 0.25) is 0 Å². The van der Waals surface area contributed by atoms with Crippen molar-refractivity contribution in [1.82, 2.24) is 4.90 Å². The lowest BCUT2D eigenvalue weighted by Gasteiger charge is -2.22. The second-order valence-electron chi connectivity index (χ2n) is 2.47. The molecule has 0 heterocycles. The van der Waals surface area contributed by atoms with Crippen molar-refractivity contribution in [2.45, 2.75) is 26.3 Å². The second-order valence-corrected chi connectivity index (χ2v) is 2.47. The summed E-state index contributed by atoms with van der Waals surface area (Å²) in [6, 6.07) is 0.302. The number of hydrogen-bond donors (Lipinski definition) is 1. The van der Waals surface area contributed by atoms with Crippen molar-refractivity contribution in [3.63, 3.8) is 0 Å². The molecule has 0 rings (SSSR count). The van der Waals surface area contributed by atoms with Gasteiger partial charge in [-0.05, 0) is 13.3 Å². The molecule has 1 amide bonds. The van der Waals surface area contributed by atoms with Crippen molar-refractivity contribution in [3.8, 4) is 0 Å². The zero-order valence-corrected chi connectivity index (χ0v) is 6.92. The van der Waals surface area contributed by atoms with Gasteiger partial charge >= 0.3 is 0 Å². The Bertz CT molecular complexity index is 114. The smallest absolute Gasteiger partial charge is 0.236 e. The van der Waals surface area contributed by atoms with Crippen molar-refractivity contribution in [1.29, 1.82) is 0 Å². The van der Waals surface area contributed by atoms with E-state index >= 15 is 0 Å². The van der Waals surface area contributed by atoms with E-state index in [9.17, 15) is 4.79 Å². The molecule has 2 N–H and O–H groups in total. The van der Waals surface area contributed by atoms with Gasteiger partial charge in [-0.1, -0.05) is 6.92 Å². The number of amides is 1. The van der Waals surface area contributed by atoms with Gasteiger partial charge in [-0.15, -0.1) is 0 Å².